The van der Waals surface area contributed by atoms with Crippen LogP contribution in [0.2, 0.25) is 0 Å². The smallest absolute Gasteiger partial charge is 0.248 e. The molecule has 17 rings (SSSR count). The van der Waals surface area contributed by atoms with Gasteiger partial charge in [-0.25, -0.2) is 0 Å². The molecular weight excluding hydrogens is 1790 g/mol. The van der Waals surface area contributed by atoms with Crippen molar-refractivity contribution in [2.75, 3.05) is 312 Å². The number of para-hydroxylation sites is 3. The lowest BCUT2D eigenvalue weighted by atomic mass is 9.77. The first-order chi connectivity index (χ1) is 68.3. The second kappa shape index (κ2) is 67.5. The van der Waals surface area contributed by atoms with Gasteiger partial charge in [0, 0.05) is 326 Å². The molecule has 0 unspecified atom stereocenters. The van der Waals surface area contributed by atoms with Crippen LogP contribution in [-0.4, -0.2) is 460 Å². The maximum Gasteiger partial charge on any atom is 0.248 e. The lowest BCUT2D eigenvalue weighted by Gasteiger charge is -2.56. The van der Waals surface area contributed by atoms with Gasteiger partial charge in [0.25, 0.3) is 0 Å². The number of benzene rings is 4. The molecule has 0 aromatic heterocycles. The van der Waals surface area contributed by atoms with Gasteiger partial charge in [-0.2, -0.15) is 0 Å². The average Bonchev–Trinajstić information content (AvgIpc) is 0.755. The normalized spacial score (nSPS) is 21.4. The predicted octanol–water partition coefficient (Wildman–Crippen LogP) is 16.3. The molecular formula is C119H218N20O5. The summed E-state index contributed by atoms with van der Waals surface area (Å²) in [6.45, 7) is 109. The molecule has 25 nitrogen and oxygen atoms in total. The van der Waals surface area contributed by atoms with Crippen molar-refractivity contribution in [3.63, 3.8) is 0 Å². The van der Waals surface area contributed by atoms with Crippen LogP contribution in [0.15, 0.2) is 121 Å². The van der Waals surface area contributed by atoms with E-state index in [1.807, 2.05) is 31.3 Å². The van der Waals surface area contributed by atoms with Crippen LogP contribution in [0.25, 0.3) is 0 Å². The standard InChI is InChI=1S/C15H23N3O.C14H22N2.C13H20N2.C12H18N2.C10H21N.C9H17N.C8H16N2O.2C8H18N2.C8H15NO.2C7H15NO/c1-12(2)18-9-7-17(8-10-18)11-13-3-5-14(6-4-13)15(16)19;1-13(2)16-10-8-15(9-11-16)12-14-6-4-3-5-7-14;1-12(2)14-8-10-15(11-9-14)13-6-4-3-5-7-13;1-10(2)14-9-8-13(3)11-6-4-5-7-12(11)14;1-9(2)11-7-5-10(3,4)6-8-11;1-8(2)10-6-4-9(3)5-7-10;1-7(2)10-5-4-9(3)8(11)6-10;2*1-8(2)10-6-4-9(3)5-7-10;1-7(2)9-3-8(4-9)5-10-6-8;2*1-7(2)8-3-5-9-6-4-8/h3-6,12H,7-11H2,1-2H3,(H2,16,19);3-7,13H,8-12H2,1-2H3;3-7,12H,8-11H2,1-2H3;4-7,10H,8-9H2,1-3H3;9H,5-8H2,1-4H3;4,8H,5-7H2,1-3H3;7H,4-6H2,1-3H3;2*8H,4-7H2,1-3H3;7H,3-6H2,1-2H3;2*7H,3-6H2,1-2H3. The number of carbonyl (C=O) groups excluding carboxylic acids is 2. The van der Waals surface area contributed by atoms with Gasteiger partial charge < -0.3 is 54.2 Å². The zero-order valence-electron chi connectivity index (χ0n) is 98.0. The van der Waals surface area contributed by atoms with E-state index in [-0.39, 0.29) is 11.8 Å². The van der Waals surface area contributed by atoms with Crippen molar-refractivity contribution in [2.24, 2.45) is 16.6 Å². The number of likely N-dealkylation sites (N-methyl/N-ethyl adjacent to an activating group) is 4. The van der Waals surface area contributed by atoms with Crippen molar-refractivity contribution >= 4 is 28.9 Å². The molecule has 13 aliphatic rings. The Hall–Kier alpha value is -5.76. The molecule has 4 aromatic rings. The highest BCUT2D eigenvalue weighted by molar-refractivity contribution is 5.92. The monoisotopic (exact) mass is 2010 g/mol. The summed E-state index contributed by atoms with van der Waals surface area (Å²) in [6.07, 6.45) is 6.33. The third-order valence-corrected chi connectivity index (χ3v) is 31.2. The number of morpholine rings is 2. The maximum absolute atomic E-state index is 11.2. The summed E-state index contributed by atoms with van der Waals surface area (Å²) < 4.78 is 15.6. The molecule has 824 valence electrons. The Kier molecular flexibility index (Phi) is 59.5. The minimum Gasteiger partial charge on any atom is -0.380 e. The van der Waals surface area contributed by atoms with E-state index in [1.54, 1.807) is 10.5 Å². The minimum absolute atomic E-state index is 0.241. The van der Waals surface area contributed by atoms with Crippen LogP contribution in [0.5, 0.6) is 0 Å². The van der Waals surface area contributed by atoms with E-state index in [2.05, 4.69) is 387 Å². The van der Waals surface area contributed by atoms with Crippen LogP contribution in [0.3, 0.4) is 0 Å². The van der Waals surface area contributed by atoms with Gasteiger partial charge in [-0.15, -0.1) is 0 Å². The molecule has 4 aromatic carbocycles. The third-order valence-electron chi connectivity index (χ3n) is 31.2. The van der Waals surface area contributed by atoms with Crippen LogP contribution >= 0.6 is 0 Å². The molecule has 11 fully saturated rings. The van der Waals surface area contributed by atoms with Crippen LogP contribution in [0, 0.1) is 10.8 Å². The number of primary amides is 1. The molecule has 13 aliphatic heterocycles. The fourth-order valence-corrected chi connectivity index (χ4v) is 19.7. The van der Waals surface area contributed by atoms with E-state index < -0.39 is 0 Å². The van der Waals surface area contributed by atoms with Crippen molar-refractivity contribution in [1.82, 2.24) is 78.4 Å². The maximum atomic E-state index is 11.2. The van der Waals surface area contributed by atoms with Crippen LogP contribution in [0.1, 0.15) is 228 Å². The number of hydrogen-bond donors (Lipinski definition) is 1. The number of ether oxygens (including phenoxy) is 3. The number of amides is 2. The molecule has 2 amide bonds. The average molecular weight is 2010 g/mol. The fraction of sp³-hybridized carbons (Fsp3) is 0.765. The van der Waals surface area contributed by atoms with Gasteiger partial charge in [-0.05, 0) is 272 Å². The first-order valence-corrected chi connectivity index (χ1v) is 56.7. The fourth-order valence-electron chi connectivity index (χ4n) is 19.7. The van der Waals surface area contributed by atoms with Gasteiger partial charge in [0.05, 0.1) is 57.6 Å². The van der Waals surface area contributed by atoms with Gasteiger partial charge in [-0.1, -0.05) is 98.3 Å². The molecule has 144 heavy (non-hydrogen) atoms. The second-order valence-electron chi connectivity index (χ2n) is 46.9. The van der Waals surface area contributed by atoms with Crippen LogP contribution < -0.4 is 20.4 Å². The minimum atomic E-state index is -0.364. The summed E-state index contributed by atoms with van der Waals surface area (Å²) in [5.74, 6) is -0.123. The lowest BCUT2D eigenvalue weighted by molar-refractivity contribution is -0.195. The summed E-state index contributed by atoms with van der Waals surface area (Å²) in [7, 11) is 8.41. The van der Waals surface area contributed by atoms with E-state index in [0.29, 0.717) is 71.3 Å². The molecule has 0 radical (unpaired) electrons. The van der Waals surface area contributed by atoms with E-state index in [9.17, 15) is 9.59 Å². The molecule has 25 heteroatoms. The van der Waals surface area contributed by atoms with Crippen molar-refractivity contribution in [3.8, 4) is 0 Å². The zero-order chi connectivity index (χ0) is 106. The number of hydrogen-bond acceptors (Lipinski definition) is 23. The highest BCUT2D eigenvalue weighted by Crippen LogP contribution is 2.39. The lowest BCUT2D eigenvalue weighted by Crippen LogP contribution is -2.67. The quantitative estimate of drug-likeness (QED) is 0.0940. The number of piperidine rings is 1. The largest absolute Gasteiger partial charge is 0.380 e. The number of carbonyl (C=O) groups is 2. The number of fused-ring (bicyclic) bond motifs is 1. The van der Waals surface area contributed by atoms with Gasteiger partial charge in [0.15, 0.2) is 0 Å². The number of likely N-dealkylation sites (tertiary alicyclic amines) is 2. The molecule has 0 atom stereocenters. The summed E-state index contributed by atoms with van der Waals surface area (Å²) in [6, 6.07) is 45.8. The summed E-state index contributed by atoms with van der Waals surface area (Å²) in [5.41, 5.74) is 15.3. The van der Waals surface area contributed by atoms with E-state index in [0.717, 1.165) is 175 Å². The molecule has 2 N–H and O–H groups in total. The molecule has 0 saturated carbocycles. The van der Waals surface area contributed by atoms with E-state index in [4.69, 9.17) is 19.9 Å². The molecule has 0 bridgehead atoms. The predicted molar refractivity (Wildman–Crippen MR) is 616 cm³/mol. The van der Waals surface area contributed by atoms with E-state index in [1.165, 1.54) is 172 Å². The Morgan fingerprint density at radius 3 is 1.02 bits per heavy atom. The number of nitrogens with two attached hydrogens (primary N) is 1. The number of piperazine rings is 6. The zero-order valence-corrected chi connectivity index (χ0v) is 98.0. The Bertz CT molecular complexity index is 3920. The van der Waals surface area contributed by atoms with Gasteiger partial charge in [-0.3, -0.25) is 68.4 Å². The highest BCUT2D eigenvalue weighted by Gasteiger charge is 2.49. The second-order valence-corrected chi connectivity index (χ2v) is 46.9. The summed E-state index contributed by atoms with van der Waals surface area (Å²) >= 11 is 0. The first-order valence-electron chi connectivity index (χ1n) is 56.7. The van der Waals surface area contributed by atoms with Crippen LogP contribution in [0.4, 0.5) is 17.1 Å². The summed E-state index contributed by atoms with van der Waals surface area (Å²) in [5, 5.41) is 0. The third kappa shape index (κ3) is 48.3. The number of anilines is 3. The Morgan fingerprint density at radius 1 is 0.333 bits per heavy atom. The van der Waals surface area contributed by atoms with Crippen molar-refractivity contribution in [1.29, 1.82) is 0 Å². The highest BCUT2D eigenvalue weighted by atomic mass is 16.5. The molecule has 11 saturated heterocycles. The van der Waals surface area contributed by atoms with E-state index >= 15 is 0 Å². The topological polar surface area (TPSA) is 149 Å². The van der Waals surface area contributed by atoms with Gasteiger partial charge in [0.2, 0.25) is 11.8 Å². The van der Waals surface area contributed by atoms with Crippen molar-refractivity contribution < 1.29 is 23.8 Å². The first kappa shape index (κ1) is 127. The van der Waals surface area contributed by atoms with Gasteiger partial charge in [0.1, 0.15) is 0 Å². The van der Waals surface area contributed by atoms with Crippen LogP contribution in [-0.2, 0) is 32.1 Å². The van der Waals surface area contributed by atoms with Gasteiger partial charge >= 0.3 is 0 Å². The Labute approximate surface area is 883 Å². The number of rotatable bonds is 18. The molecule has 1 spiro atoms. The summed E-state index contributed by atoms with van der Waals surface area (Å²) in [4.78, 5) is 68.3. The Balaban J connectivity index is 0.000000242. The number of nitrogens with zero attached hydrogens (tertiary/aromatic N) is 19. The molecule has 13 heterocycles. The Morgan fingerprint density at radius 2 is 0.674 bits per heavy atom. The van der Waals surface area contributed by atoms with Crippen molar-refractivity contribution in [3.05, 3.63) is 138 Å². The SMILES string of the molecule is CC(C)N1CC2(COC2)C1.CC(C)N1CCC(C)(C)CC1.CC(C)N1CCN(C)C(=O)C1.CC(C)N1CCN(C)CC1.CC(C)N1CCN(C)CC1.CC(C)N1CCN(C)c2ccccc21.CC(C)N1CCN(Cc2ccc(C(N)=O)cc2)CC1.CC(C)N1CCN(Cc2ccccc2)CC1.CC(C)N1CCN(c2ccccc2)CC1.CC(C)N1CCOCC1.CC(C)N1CCOCC1.CC1=CCN(C(C)C)CC1. The van der Waals surface area contributed by atoms with Crippen molar-refractivity contribution in [2.45, 2.75) is 292 Å². The molecule has 0 aliphatic carbocycles.